The second-order valence-corrected chi connectivity index (χ2v) is 3.14. The van der Waals surface area contributed by atoms with E-state index in [9.17, 15) is 9.81 Å². The summed E-state index contributed by atoms with van der Waals surface area (Å²) in [6, 6.07) is -0.773. The van der Waals surface area contributed by atoms with Crippen molar-refractivity contribution < 1.29 is 0 Å². The van der Waals surface area contributed by atoms with Crippen LogP contribution in [0.15, 0.2) is 22.5 Å². The first-order chi connectivity index (χ1) is 5.36. The molecule has 0 amide bonds. The largest absolute Gasteiger partial charge is 0.150 e. The Morgan fingerprint density at radius 1 is 1.00 bits per heavy atom. The summed E-state index contributed by atoms with van der Waals surface area (Å²) in [6.07, 6.45) is 4.82. The van der Waals surface area contributed by atoms with Gasteiger partial charge in [0.05, 0.1) is 0 Å². The van der Waals surface area contributed by atoms with Gasteiger partial charge >= 0.3 is 0 Å². The molecular formula is C7H8N2O2. The number of nitroso groups, excluding NO2 is 2. The minimum Gasteiger partial charge on any atom is -0.150 e. The minimum absolute atomic E-state index is 0.181. The van der Waals surface area contributed by atoms with Gasteiger partial charge in [0.15, 0.2) is 0 Å². The third-order valence-corrected chi connectivity index (χ3v) is 2.62. The second-order valence-electron chi connectivity index (χ2n) is 3.14. The van der Waals surface area contributed by atoms with Crippen molar-refractivity contribution in [2.24, 2.45) is 22.2 Å². The molecule has 2 bridgehead atoms. The quantitative estimate of drug-likeness (QED) is 0.444. The highest BCUT2D eigenvalue weighted by molar-refractivity contribution is 5.19. The fourth-order valence-corrected chi connectivity index (χ4v) is 2.05. The fraction of sp³-hybridized carbons (Fsp3) is 0.714. The summed E-state index contributed by atoms with van der Waals surface area (Å²) in [5.41, 5.74) is 0. The first-order valence-electron chi connectivity index (χ1n) is 3.70. The molecule has 0 radical (unpaired) electrons. The average Bonchev–Trinajstić information content (AvgIpc) is 2.60. The number of rotatable bonds is 2. The molecule has 0 saturated heterocycles. The lowest BCUT2D eigenvalue weighted by Crippen LogP contribution is -2.25. The zero-order chi connectivity index (χ0) is 7.84. The van der Waals surface area contributed by atoms with E-state index >= 15 is 0 Å². The standard InChI is InChI=1S/C7H8N2O2/c10-8-6-4-1-2-5(3-4)7(6)9-11/h1-2,4-7H,3H2. The molecule has 4 heteroatoms. The van der Waals surface area contributed by atoms with Crippen LogP contribution in [0.1, 0.15) is 6.42 Å². The van der Waals surface area contributed by atoms with Crippen molar-refractivity contribution in [2.45, 2.75) is 18.5 Å². The Labute approximate surface area is 63.6 Å². The molecule has 4 nitrogen and oxygen atoms in total. The zero-order valence-corrected chi connectivity index (χ0v) is 5.88. The summed E-state index contributed by atoms with van der Waals surface area (Å²) >= 11 is 0. The summed E-state index contributed by atoms with van der Waals surface area (Å²) < 4.78 is 0. The maximum atomic E-state index is 10.3. The third-order valence-electron chi connectivity index (χ3n) is 2.62. The molecular weight excluding hydrogens is 144 g/mol. The van der Waals surface area contributed by atoms with Crippen molar-refractivity contribution in [3.05, 3.63) is 22.0 Å². The van der Waals surface area contributed by atoms with Gasteiger partial charge < -0.3 is 0 Å². The van der Waals surface area contributed by atoms with Crippen LogP contribution in [0, 0.1) is 21.6 Å². The fourth-order valence-electron chi connectivity index (χ4n) is 2.05. The molecule has 4 atom stereocenters. The van der Waals surface area contributed by atoms with E-state index in [0.717, 1.165) is 6.42 Å². The van der Waals surface area contributed by atoms with Crippen molar-refractivity contribution in [3.8, 4) is 0 Å². The van der Waals surface area contributed by atoms with Gasteiger partial charge in [-0.2, -0.15) is 9.81 Å². The summed E-state index contributed by atoms with van der Waals surface area (Å²) in [5, 5.41) is 5.85. The smallest absolute Gasteiger partial charge is 0.124 e. The first kappa shape index (κ1) is 6.64. The van der Waals surface area contributed by atoms with Gasteiger partial charge in [-0.15, -0.1) is 0 Å². The molecule has 2 aliphatic carbocycles. The van der Waals surface area contributed by atoms with Gasteiger partial charge in [-0.25, -0.2) is 0 Å². The van der Waals surface area contributed by atoms with Gasteiger partial charge in [0.1, 0.15) is 12.1 Å². The minimum atomic E-state index is -0.387. The van der Waals surface area contributed by atoms with Crippen LogP contribution < -0.4 is 0 Å². The van der Waals surface area contributed by atoms with Crippen LogP contribution >= 0.6 is 0 Å². The van der Waals surface area contributed by atoms with E-state index in [4.69, 9.17) is 0 Å². The molecule has 11 heavy (non-hydrogen) atoms. The molecule has 0 aromatic rings. The number of hydrogen-bond donors (Lipinski definition) is 0. The van der Waals surface area contributed by atoms with Crippen LogP contribution in [0.3, 0.4) is 0 Å². The number of fused-ring (bicyclic) bond motifs is 2. The highest BCUT2D eigenvalue weighted by Gasteiger charge is 2.46. The van der Waals surface area contributed by atoms with Gasteiger partial charge in [0.25, 0.3) is 0 Å². The van der Waals surface area contributed by atoms with Crippen LogP contribution in [0.4, 0.5) is 0 Å². The lowest BCUT2D eigenvalue weighted by atomic mass is 9.98. The van der Waals surface area contributed by atoms with Crippen LogP contribution in [0.5, 0.6) is 0 Å². The van der Waals surface area contributed by atoms with E-state index < -0.39 is 0 Å². The molecule has 1 saturated carbocycles. The molecule has 1 fully saturated rings. The first-order valence-corrected chi connectivity index (χ1v) is 3.70. The summed E-state index contributed by atoms with van der Waals surface area (Å²) in [6.45, 7) is 0. The molecule has 4 unspecified atom stereocenters. The molecule has 0 N–H and O–H groups in total. The van der Waals surface area contributed by atoms with E-state index in [1.54, 1.807) is 0 Å². The van der Waals surface area contributed by atoms with Crippen molar-refractivity contribution in [3.63, 3.8) is 0 Å². The van der Waals surface area contributed by atoms with Crippen LogP contribution in [0.2, 0.25) is 0 Å². The van der Waals surface area contributed by atoms with Gasteiger partial charge in [-0.05, 0) is 6.42 Å². The normalized spacial score (nSPS) is 46.2. The Kier molecular flexibility index (Phi) is 1.34. The van der Waals surface area contributed by atoms with Crippen molar-refractivity contribution in [2.75, 3.05) is 0 Å². The predicted octanol–water partition coefficient (Wildman–Crippen LogP) is 1.46. The van der Waals surface area contributed by atoms with Gasteiger partial charge in [0, 0.05) is 11.8 Å². The topological polar surface area (TPSA) is 58.9 Å². The molecule has 0 spiro atoms. The van der Waals surface area contributed by atoms with E-state index in [2.05, 4.69) is 10.4 Å². The van der Waals surface area contributed by atoms with Crippen LogP contribution in [0.25, 0.3) is 0 Å². The molecule has 2 aliphatic rings. The molecule has 2 rings (SSSR count). The van der Waals surface area contributed by atoms with E-state index in [1.165, 1.54) is 0 Å². The highest BCUT2D eigenvalue weighted by atomic mass is 16.3. The lowest BCUT2D eigenvalue weighted by molar-refractivity contribution is 0.498. The van der Waals surface area contributed by atoms with Gasteiger partial charge in [0.2, 0.25) is 0 Å². The maximum absolute atomic E-state index is 10.3. The van der Waals surface area contributed by atoms with Gasteiger partial charge in [-0.1, -0.05) is 22.5 Å². The van der Waals surface area contributed by atoms with E-state index in [-0.39, 0.29) is 23.9 Å². The van der Waals surface area contributed by atoms with Crippen molar-refractivity contribution in [1.29, 1.82) is 0 Å². The van der Waals surface area contributed by atoms with Crippen LogP contribution in [-0.2, 0) is 0 Å². The second kappa shape index (κ2) is 2.22. The highest BCUT2D eigenvalue weighted by Crippen LogP contribution is 2.42. The van der Waals surface area contributed by atoms with E-state index in [0.29, 0.717) is 0 Å². The third kappa shape index (κ3) is 0.751. The lowest BCUT2D eigenvalue weighted by Gasteiger charge is -2.14. The summed E-state index contributed by atoms with van der Waals surface area (Å²) in [5.74, 6) is 0.361. The maximum Gasteiger partial charge on any atom is 0.124 e. The molecule has 0 aromatic heterocycles. The number of hydrogen-bond acceptors (Lipinski definition) is 4. The average molecular weight is 152 g/mol. The SMILES string of the molecule is O=NC1C2C=CC(C2)C1N=O. The zero-order valence-electron chi connectivity index (χ0n) is 5.88. The van der Waals surface area contributed by atoms with Gasteiger partial charge in [-0.3, -0.25) is 0 Å². The van der Waals surface area contributed by atoms with Crippen LogP contribution in [-0.4, -0.2) is 12.1 Å². The Bertz CT molecular complexity index is 204. The molecule has 0 aromatic carbocycles. The number of nitrogens with zero attached hydrogens (tertiary/aromatic N) is 2. The summed E-state index contributed by atoms with van der Waals surface area (Å²) in [4.78, 5) is 20.6. The van der Waals surface area contributed by atoms with Crippen molar-refractivity contribution in [1.82, 2.24) is 0 Å². The monoisotopic (exact) mass is 152 g/mol. The van der Waals surface area contributed by atoms with E-state index in [1.807, 2.05) is 12.2 Å². The predicted molar refractivity (Wildman–Crippen MR) is 39.9 cm³/mol. The summed E-state index contributed by atoms with van der Waals surface area (Å²) in [7, 11) is 0. The molecule has 0 aliphatic heterocycles. The molecule has 58 valence electrons. The van der Waals surface area contributed by atoms with Crippen molar-refractivity contribution >= 4 is 0 Å². The molecule has 0 heterocycles. The Morgan fingerprint density at radius 2 is 1.45 bits per heavy atom. The Morgan fingerprint density at radius 3 is 1.82 bits per heavy atom. The Hall–Kier alpha value is -1.06. The Balaban J connectivity index is 2.27.